The zero-order chi connectivity index (χ0) is 18.8. The van der Waals surface area contributed by atoms with Gasteiger partial charge < -0.3 is 14.2 Å². The number of hydrogen-bond acceptors (Lipinski definition) is 4. The molecule has 0 radical (unpaired) electrons. The Morgan fingerprint density at radius 3 is 2.12 bits per heavy atom. The summed E-state index contributed by atoms with van der Waals surface area (Å²) in [6.45, 7) is 13.6. The van der Waals surface area contributed by atoms with Gasteiger partial charge in [0.05, 0.1) is 6.10 Å². The number of esters is 1. The lowest BCUT2D eigenvalue weighted by Crippen LogP contribution is -2.34. The van der Waals surface area contributed by atoms with Crippen molar-refractivity contribution >= 4 is 5.97 Å². The van der Waals surface area contributed by atoms with Gasteiger partial charge >= 0.3 is 5.97 Å². The molecule has 138 valence electrons. The Bertz CT molecular complexity index is 468. The molecule has 0 N–H and O–H groups in total. The fraction of sp³-hybridized carbons (Fsp3) is 0.650. The SMILES string of the molecule is C=C(C)C(CC/C(C)=C/CC/C(C)=C/C(=O)OC(C)C)(OC)OC. The maximum atomic E-state index is 11.6. The fourth-order valence-corrected chi connectivity index (χ4v) is 2.40. The quantitative estimate of drug-likeness (QED) is 0.231. The molecule has 0 aromatic carbocycles. The van der Waals surface area contributed by atoms with E-state index >= 15 is 0 Å². The molecular weight excluding hydrogens is 304 g/mol. The summed E-state index contributed by atoms with van der Waals surface area (Å²) in [6.07, 6.45) is 7.01. The third-order valence-electron chi connectivity index (χ3n) is 3.91. The molecule has 0 aliphatic heterocycles. The van der Waals surface area contributed by atoms with Crippen molar-refractivity contribution in [3.8, 4) is 0 Å². The standard InChI is InChI=1S/C20H34O4/c1-15(2)20(22-7,23-8)13-12-17(5)10-9-11-18(6)14-19(21)24-16(3)4/h10,14,16H,1,9,11-13H2,2-8H3/b17-10+,18-14+. The van der Waals surface area contributed by atoms with E-state index < -0.39 is 5.79 Å². The molecular formula is C20H34O4. The molecule has 24 heavy (non-hydrogen) atoms. The van der Waals surface area contributed by atoms with Gasteiger partial charge in [-0.15, -0.1) is 0 Å². The largest absolute Gasteiger partial charge is 0.460 e. The highest BCUT2D eigenvalue weighted by molar-refractivity contribution is 5.82. The predicted octanol–water partition coefficient (Wildman–Crippen LogP) is 4.96. The predicted molar refractivity (Wildman–Crippen MR) is 98.8 cm³/mol. The van der Waals surface area contributed by atoms with E-state index in [1.54, 1.807) is 20.3 Å². The van der Waals surface area contributed by atoms with E-state index in [0.717, 1.165) is 36.8 Å². The Labute approximate surface area is 147 Å². The molecule has 0 aromatic rings. The first-order chi connectivity index (χ1) is 11.2. The zero-order valence-corrected chi connectivity index (χ0v) is 16.4. The van der Waals surface area contributed by atoms with E-state index in [0.29, 0.717) is 0 Å². The lowest BCUT2D eigenvalue weighted by Gasteiger charge is -2.31. The van der Waals surface area contributed by atoms with Gasteiger partial charge in [-0.2, -0.15) is 0 Å². The summed E-state index contributed by atoms with van der Waals surface area (Å²) < 4.78 is 16.1. The van der Waals surface area contributed by atoms with E-state index in [2.05, 4.69) is 19.6 Å². The van der Waals surface area contributed by atoms with Crippen molar-refractivity contribution in [1.82, 2.24) is 0 Å². The minimum Gasteiger partial charge on any atom is -0.460 e. The molecule has 0 aliphatic rings. The molecule has 0 rings (SSSR count). The number of methoxy groups -OCH3 is 2. The maximum Gasteiger partial charge on any atom is 0.330 e. The van der Waals surface area contributed by atoms with Crippen molar-refractivity contribution in [2.45, 2.75) is 72.2 Å². The number of allylic oxidation sites excluding steroid dienone is 3. The lowest BCUT2D eigenvalue weighted by molar-refractivity contribution is -0.181. The Morgan fingerprint density at radius 1 is 1.08 bits per heavy atom. The summed E-state index contributed by atoms with van der Waals surface area (Å²) in [4.78, 5) is 11.6. The van der Waals surface area contributed by atoms with Crippen LogP contribution in [-0.4, -0.2) is 32.1 Å². The van der Waals surface area contributed by atoms with Gasteiger partial charge in [0.2, 0.25) is 0 Å². The second-order valence-electron chi connectivity index (χ2n) is 6.51. The molecule has 0 unspecified atom stereocenters. The minimum absolute atomic E-state index is 0.0844. The molecule has 0 spiro atoms. The number of rotatable bonds is 11. The Morgan fingerprint density at radius 2 is 1.67 bits per heavy atom. The summed E-state index contributed by atoms with van der Waals surface area (Å²) in [5, 5.41) is 0. The topological polar surface area (TPSA) is 44.8 Å². The second kappa shape index (κ2) is 11.2. The van der Waals surface area contributed by atoms with Crippen molar-refractivity contribution in [3.63, 3.8) is 0 Å². The molecule has 0 saturated heterocycles. The van der Waals surface area contributed by atoms with Crippen molar-refractivity contribution < 1.29 is 19.0 Å². The third-order valence-corrected chi connectivity index (χ3v) is 3.91. The van der Waals surface area contributed by atoms with Crippen molar-refractivity contribution in [3.05, 3.63) is 35.5 Å². The highest BCUT2D eigenvalue weighted by Gasteiger charge is 2.30. The Kier molecular flexibility index (Phi) is 10.6. The van der Waals surface area contributed by atoms with Crippen molar-refractivity contribution in [2.75, 3.05) is 14.2 Å². The molecule has 0 atom stereocenters. The van der Waals surface area contributed by atoms with Gasteiger partial charge in [0.25, 0.3) is 0 Å². The molecule has 0 bridgehead atoms. The summed E-state index contributed by atoms with van der Waals surface area (Å²) in [6, 6.07) is 0. The van der Waals surface area contributed by atoms with Crippen molar-refractivity contribution in [2.24, 2.45) is 0 Å². The van der Waals surface area contributed by atoms with E-state index in [9.17, 15) is 4.79 Å². The van der Waals surface area contributed by atoms with Gasteiger partial charge in [-0.25, -0.2) is 4.79 Å². The number of carbonyl (C=O) groups is 1. The Hall–Kier alpha value is -1.39. The zero-order valence-electron chi connectivity index (χ0n) is 16.4. The van der Waals surface area contributed by atoms with E-state index in [1.807, 2.05) is 27.7 Å². The maximum absolute atomic E-state index is 11.6. The molecule has 4 nitrogen and oxygen atoms in total. The smallest absolute Gasteiger partial charge is 0.330 e. The van der Waals surface area contributed by atoms with Gasteiger partial charge in [0, 0.05) is 26.7 Å². The summed E-state index contributed by atoms with van der Waals surface area (Å²) >= 11 is 0. The van der Waals surface area contributed by atoms with Gasteiger partial charge in [-0.1, -0.05) is 23.8 Å². The molecule has 4 heteroatoms. The van der Waals surface area contributed by atoms with Crippen LogP contribution in [0.4, 0.5) is 0 Å². The highest BCUT2D eigenvalue weighted by Crippen LogP contribution is 2.28. The summed E-state index contributed by atoms with van der Waals surface area (Å²) in [5.41, 5.74) is 3.16. The van der Waals surface area contributed by atoms with E-state index in [4.69, 9.17) is 14.2 Å². The van der Waals surface area contributed by atoms with Crippen LogP contribution in [0.3, 0.4) is 0 Å². The van der Waals surface area contributed by atoms with Crippen LogP contribution in [0, 0.1) is 0 Å². The monoisotopic (exact) mass is 338 g/mol. The van der Waals surface area contributed by atoms with Gasteiger partial charge in [0.1, 0.15) is 0 Å². The molecule has 0 fully saturated rings. The van der Waals surface area contributed by atoms with Crippen LogP contribution in [0.5, 0.6) is 0 Å². The average Bonchev–Trinajstić information content (AvgIpc) is 2.47. The summed E-state index contributed by atoms with van der Waals surface area (Å²) in [5.74, 6) is -0.986. The van der Waals surface area contributed by atoms with E-state index in [-0.39, 0.29) is 12.1 Å². The lowest BCUT2D eigenvalue weighted by atomic mass is 9.99. The number of carbonyl (C=O) groups excluding carboxylic acids is 1. The normalized spacial score (nSPS) is 13.3. The first-order valence-corrected chi connectivity index (χ1v) is 8.46. The highest BCUT2D eigenvalue weighted by atomic mass is 16.7. The molecule has 0 aliphatic carbocycles. The first kappa shape index (κ1) is 22.6. The molecule has 0 heterocycles. The Balaban J connectivity index is 4.44. The van der Waals surface area contributed by atoms with Crippen LogP contribution in [-0.2, 0) is 19.0 Å². The average molecular weight is 338 g/mol. The van der Waals surface area contributed by atoms with Crippen LogP contribution in [0.25, 0.3) is 0 Å². The van der Waals surface area contributed by atoms with Crippen LogP contribution >= 0.6 is 0 Å². The van der Waals surface area contributed by atoms with Gasteiger partial charge in [-0.3, -0.25) is 0 Å². The first-order valence-electron chi connectivity index (χ1n) is 8.46. The fourth-order valence-electron chi connectivity index (χ4n) is 2.40. The number of hydrogen-bond donors (Lipinski definition) is 0. The van der Waals surface area contributed by atoms with Crippen LogP contribution in [0.15, 0.2) is 35.5 Å². The molecule has 0 saturated carbocycles. The van der Waals surface area contributed by atoms with Crippen molar-refractivity contribution in [1.29, 1.82) is 0 Å². The van der Waals surface area contributed by atoms with Gasteiger partial charge in [-0.05, 0) is 59.5 Å². The summed E-state index contributed by atoms with van der Waals surface area (Å²) in [7, 11) is 3.28. The molecule has 0 amide bonds. The second-order valence-corrected chi connectivity index (χ2v) is 6.51. The third kappa shape index (κ3) is 8.46. The van der Waals surface area contributed by atoms with Crippen LogP contribution in [0.1, 0.15) is 60.3 Å². The van der Waals surface area contributed by atoms with Crippen LogP contribution < -0.4 is 0 Å². The van der Waals surface area contributed by atoms with Gasteiger partial charge in [0.15, 0.2) is 5.79 Å². The molecule has 0 aromatic heterocycles. The number of ether oxygens (including phenoxy) is 3. The van der Waals surface area contributed by atoms with Crippen LogP contribution in [0.2, 0.25) is 0 Å². The van der Waals surface area contributed by atoms with E-state index in [1.165, 1.54) is 5.57 Å². The minimum atomic E-state index is -0.717.